The van der Waals surface area contributed by atoms with Crippen molar-refractivity contribution < 1.29 is 14.0 Å². The molecular weight excluding hydrogens is 234 g/mol. The summed E-state index contributed by atoms with van der Waals surface area (Å²) in [6, 6.07) is 1.02. The number of hydrogen-bond acceptors (Lipinski definition) is 4. The molecule has 0 rings (SSSR count). The fourth-order valence-electron chi connectivity index (χ4n) is 1.68. The smallest absolute Gasteiger partial charge is 0.335 e. The van der Waals surface area contributed by atoms with Crippen LogP contribution >= 0.6 is 0 Å². The van der Waals surface area contributed by atoms with Gasteiger partial charge in [0.05, 0.1) is 13.3 Å². The van der Waals surface area contributed by atoms with Crippen LogP contribution in [0.2, 0.25) is 12.6 Å². The van der Waals surface area contributed by atoms with E-state index in [-0.39, 0.29) is 6.61 Å². The molecule has 5 heteroatoms. The van der Waals surface area contributed by atoms with Crippen LogP contribution in [0.5, 0.6) is 0 Å². The largest absolute Gasteiger partial charge is 0.398 e. The summed E-state index contributed by atoms with van der Waals surface area (Å²) in [5.74, 6) is 0. The second-order valence-electron chi connectivity index (χ2n) is 4.56. The van der Waals surface area contributed by atoms with Crippen molar-refractivity contribution >= 4 is 8.56 Å². The van der Waals surface area contributed by atoms with Crippen molar-refractivity contribution in [3.05, 3.63) is 0 Å². The van der Waals surface area contributed by atoms with E-state index >= 15 is 0 Å². The highest BCUT2D eigenvalue weighted by atomic mass is 28.4. The monoisotopic (exact) mass is 263 g/mol. The predicted molar refractivity (Wildman–Crippen MR) is 73.2 cm³/mol. The predicted octanol–water partition coefficient (Wildman–Crippen LogP) is 2.18. The Balaban J connectivity index is 4.06. The van der Waals surface area contributed by atoms with Crippen molar-refractivity contribution in [1.82, 2.24) is 4.90 Å². The van der Waals surface area contributed by atoms with E-state index in [0.29, 0.717) is 13.3 Å². The van der Waals surface area contributed by atoms with Gasteiger partial charge in [-0.3, -0.25) is 4.90 Å². The summed E-state index contributed by atoms with van der Waals surface area (Å²) in [4.78, 5) is 2.16. The van der Waals surface area contributed by atoms with Gasteiger partial charge in [0.25, 0.3) is 0 Å². The maximum absolute atomic E-state index is 9.01. The number of rotatable bonds is 11. The molecule has 0 aromatic rings. The number of aliphatic hydroxyl groups excluding tert-OH is 1. The van der Waals surface area contributed by atoms with Gasteiger partial charge >= 0.3 is 8.56 Å². The Morgan fingerprint density at radius 3 is 2.35 bits per heavy atom. The van der Waals surface area contributed by atoms with Crippen molar-refractivity contribution in [2.45, 2.75) is 45.7 Å². The van der Waals surface area contributed by atoms with Crippen LogP contribution in [0.1, 0.15) is 33.1 Å². The van der Waals surface area contributed by atoms with Crippen LogP contribution in [0, 0.1) is 0 Å². The molecule has 0 aliphatic heterocycles. The summed E-state index contributed by atoms with van der Waals surface area (Å²) < 4.78 is 11.5. The zero-order valence-corrected chi connectivity index (χ0v) is 12.9. The number of nitrogens with zero attached hydrogens (tertiary/aromatic N) is 1. The van der Waals surface area contributed by atoms with E-state index in [4.69, 9.17) is 14.0 Å². The molecule has 1 atom stereocenters. The molecule has 0 bridgehead atoms. The van der Waals surface area contributed by atoms with E-state index in [0.717, 1.165) is 31.9 Å². The standard InChI is InChI=1S/C12H29NO3Si/c1-5-7-8-13(9-10-14)12-16-17(4,15-3)11-6-2/h14H,5-12H2,1-4H3. The second-order valence-corrected chi connectivity index (χ2v) is 8.02. The Morgan fingerprint density at radius 1 is 1.18 bits per heavy atom. The molecule has 1 N–H and O–H groups in total. The highest BCUT2D eigenvalue weighted by molar-refractivity contribution is 6.65. The quantitative estimate of drug-likeness (QED) is 0.458. The van der Waals surface area contributed by atoms with Crippen molar-refractivity contribution in [3.63, 3.8) is 0 Å². The van der Waals surface area contributed by atoms with Gasteiger partial charge in [-0.1, -0.05) is 26.7 Å². The Hall–Kier alpha value is 0.0569. The highest BCUT2D eigenvalue weighted by Gasteiger charge is 2.29. The van der Waals surface area contributed by atoms with Gasteiger partial charge in [-0.15, -0.1) is 0 Å². The Labute approximate surface area is 107 Å². The van der Waals surface area contributed by atoms with Crippen molar-refractivity contribution in [2.24, 2.45) is 0 Å². The molecule has 1 unspecified atom stereocenters. The molecule has 0 aliphatic rings. The summed E-state index contributed by atoms with van der Waals surface area (Å²) in [5.41, 5.74) is 0. The Kier molecular flexibility index (Phi) is 10.1. The first kappa shape index (κ1) is 17.1. The molecule has 0 heterocycles. The lowest BCUT2D eigenvalue weighted by atomic mass is 10.3. The third-order valence-electron chi connectivity index (χ3n) is 2.93. The van der Waals surface area contributed by atoms with Crippen LogP contribution in [-0.4, -0.2) is 52.1 Å². The third kappa shape index (κ3) is 7.89. The topological polar surface area (TPSA) is 41.9 Å². The summed E-state index contributed by atoms with van der Waals surface area (Å²) in [6.07, 6.45) is 3.39. The molecular formula is C12H29NO3Si. The molecule has 0 radical (unpaired) electrons. The summed E-state index contributed by atoms with van der Waals surface area (Å²) in [6.45, 7) is 8.85. The molecule has 104 valence electrons. The molecule has 0 aliphatic carbocycles. The minimum Gasteiger partial charge on any atom is -0.398 e. The molecule has 0 spiro atoms. The zero-order chi connectivity index (χ0) is 13.1. The van der Waals surface area contributed by atoms with E-state index in [1.807, 2.05) is 0 Å². The fourth-order valence-corrected chi connectivity index (χ4v) is 3.51. The van der Waals surface area contributed by atoms with Gasteiger partial charge in [0.1, 0.15) is 0 Å². The van der Waals surface area contributed by atoms with E-state index < -0.39 is 8.56 Å². The SMILES string of the molecule is CCCCN(CCO)CO[Si](C)(CCC)OC. The molecule has 4 nitrogen and oxygen atoms in total. The first-order valence-corrected chi connectivity index (χ1v) is 9.16. The van der Waals surface area contributed by atoms with Crippen LogP contribution < -0.4 is 0 Å². The van der Waals surface area contributed by atoms with Crippen molar-refractivity contribution in [3.8, 4) is 0 Å². The summed E-state index contributed by atoms with van der Waals surface area (Å²) in [7, 11) is -0.237. The van der Waals surface area contributed by atoms with Gasteiger partial charge in [-0.2, -0.15) is 0 Å². The molecule has 0 fully saturated rings. The Morgan fingerprint density at radius 2 is 1.88 bits per heavy atom. The average Bonchev–Trinajstić information content (AvgIpc) is 2.33. The van der Waals surface area contributed by atoms with Crippen molar-refractivity contribution in [1.29, 1.82) is 0 Å². The maximum Gasteiger partial charge on any atom is 0.335 e. The van der Waals surface area contributed by atoms with Crippen LogP contribution in [0.25, 0.3) is 0 Å². The second kappa shape index (κ2) is 10.0. The zero-order valence-electron chi connectivity index (χ0n) is 11.9. The normalized spacial score (nSPS) is 15.2. The van der Waals surface area contributed by atoms with E-state index in [9.17, 15) is 0 Å². The molecule has 0 saturated carbocycles. The average molecular weight is 263 g/mol. The first-order chi connectivity index (χ1) is 8.11. The van der Waals surface area contributed by atoms with Crippen LogP contribution in [0.15, 0.2) is 0 Å². The molecule has 0 aromatic heterocycles. The summed E-state index contributed by atoms with van der Waals surface area (Å²) >= 11 is 0. The van der Waals surface area contributed by atoms with Gasteiger partial charge in [-0.05, 0) is 19.0 Å². The Bertz CT molecular complexity index is 183. The molecule has 0 aromatic carbocycles. The van der Waals surface area contributed by atoms with E-state index in [1.165, 1.54) is 0 Å². The maximum atomic E-state index is 9.01. The van der Waals surface area contributed by atoms with Gasteiger partial charge in [0.15, 0.2) is 0 Å². The molecule has 0 amide bonds. The van der Waals surface area contributed by atoms with Gasteiger partial charge in [0, 0.05) is 20.2 Å². The van der Waals surface area contributed by atoms with Gasteiger partial charge in [-0.25, -0.2) is 0 Å². The van der Waals surface area contributed by atoms with E-state index in [1.54, 1.807) is 7.11 Å². The van der Waals surface area contributed by atoms with Crippen LogP contribution in [0.3, 0.4) is 0 Å². The van der Waals surface area contributed by atoms with Crippen molar-refractivity contribution in [2.75, 3.05) is 33.5 Å². The van der Waals surface area contributed by atoms with Crippen LogP contribution in [-0.2, 0) is 8.85 Å². The molecule has 17 heavy (non-hydrogen) atoms. The first-order valence-electron chi connectivity index (χ1n) is 6.64. The number of aliphatic hydroxyl groups is 1. The van der Waals surface area contributed by atoms with Gasteiger partial charge < -0.3 is 14.0 Å². The van der Waals surface area contributed by atoms with Crippen LogP contribution in [0.4, 0.5) is 0 Å². The van der Waals surface area contributed by atoms with Gasteiger partial charge in [0.2, 0.25) is 0 Å². The van der Waals surface area contributed by atoms with E-state index in [2.05, 4.69) is 25.3 Å². The summed E-state index contributed by atoms with van der Waals surface area (Å²) in [5, 5.41) is 9.01. The molecule has 0 saturated heterocycles. The minimum absolute atomic E-state index is 0.187. The lowest BCUT2D eigenvalue weighted by Crippen LogP contribution is -2.42. The highest BCUT2D eigenvalue weighted by Crippen LogP contribution is 2.15. The third-order valence-corrected chi connectivity index (χ3v) is 5.94. The fraction of sp³-hybridized carbons (Fsp3) is 1.00. The lowest BCUT2D eigenvalue weighted by molar-refractivity contribution is 0.0730. The number of unbranched alkanes of at least 4 members (excludes halogenated alkanes) is 1. The lowest BCUT2D eigenvalue weighted by Gasteiger charge is -2.29. The minimum atomic E-state index is -1.98. The number of hydrogen-bond donors (Lipinski definition) is 1.